The molecule has 0 saturated heterocycles. The number of aliphatic imine (C=N–C) groups is 1. The molecule has 1 N–H and O–H groups in total. The van der Waals surface area contributed by atoms with E-state index < -0.39 is 5.97 Å². The van der Waals surface area contributed by atoms with Crippen LogP contribution in [-0.2, 0) is 9.53 Å². The van der Waals surface area contributed by atoms with Crippen molar-refractivity contribution in [3.05, 3.63) is 68.2 Å². The average molecular weight is 467 g/mol. The zero-order valence-electron chi connectivity index (χ0n) is 13.2. The number of halogens is 1. The van der Waals surface area contributed by atoms with Crippen molar-refractivity contribution in [1.29, 1.82) is 0 Å². The largest absolute Gasteiger partial charge is 0.506 e. The molecule has 5 nitrogen and oxygen atoms in total. The first-order chi connectivity index (χ1) is 12.1. The molecule has 1 aromatic heterocycles. The minimum atomic E-state index is -0.598. The van der Waals surface area contributed by atoms with Crippen molar-refractivity contribution in [2.45, 2.75) is 6.92 Å². The summed E-state index contributed by atoms with van der Waals surface area (Å²) in [6.45, 7) is 1.93. The van der Waals surface area contributed by atoms with Gasteiger partial charge in [0.05, 0.1) is 17.2 Å². The fourth-order valence-electron chi connectivity index (χ4n) is 2.15. The molecular formula is C18H14INO4S. The third-order valence-corrected chi connectivity index (χ3v) is 4.82. The number of carbonyl (C=O) groups excluding carboxylic acids is 1. The molecule has 1 aliphatic rings. The van der Waals surface area contributed by atoms with Crippen molar-refractivity contribution in [1.82, 2.24) is 0 Å². The minimum absolute atomic E-state index is 0.0724. The number of furan rings is 1. The maximum Gasteiger partial charge on any atom is 0.344 e. The van der Waals surface area contributed by atoms with Crippen LogP contribution in [0.5, 0.6) is 0 Å². The lowest BCUT2D eigenvalue weighted by Crippen LogP contribution is -2.12. The Kier molecular flexibility index (Phi) is 5.64. The van der Waals surface area contributed by atoms with Gasteiger partial charge in [0.15, 0.2) is 3.77 Å². The number of esters is 1. The fraction of sp³-hybridized carbons (Fsp3) is 0.111. The molecule has 0 radical (unpaired) electrons. The molecule has 0 aliphatic carbocycles. The summed E-state index contributed by atoms with van der Waals surface area (Å²) in [7, 11) is 0. The highest BCUT2D eigenvalue weighted by Crippen LogP contribution is 2.40. The molecule has 0 spiro atoms. The Hall–Kier alpha value is -2.00. The van der Waals surface area contributed by atoms with Crippen LogP contribution in [0.1, 0.15) is 12.7 Å². The predicted molar refractivity (Wildman–Crippen MR) is 107 cm³/mol. The van der Waals surface area contributed by atoms with Gasteiger partial charge in [-0.15, -0.1) is 0 Å². The Bertz CT molecular complexity index is 883. The van der Waals surface area contributed by atoms with E-state index in [1.807, 2.05) is 36.4 Å². The highest BCUT2D eigenvalue weighted by molar-refractivity contribution is 14.1. The van der Waals surface area contributed by atoms with Gasteiger partial charge in [0, 0.05) is 0 Å². The van der Waals surface area contributed by atoms with Crippen LogP contribution in [0.4, 0.5) is 5.69 Å². The van der Waals surface area contributed by atoms with Gasteiger partial charge < -0.3 is 14.3 Å². The summed E-state index contributed by atoms with van der Waals surface area (Å²) in [5.74, 6) is -0.160. The minimum Gasteiger partial charge on any atom is -0.506 e. The second kappa shape index (κ2) is 7.92. The van der Waals surface area contributed by atoms with Crippen molar-refractivity contribution < 1.29 is 19.1 Å². The first-order valence-electron chi connectivity index (χ1n) is 7.48. The van der Waals surface area contributed by atoms with E-state index in [0.29, 0.717) is 21.4 Å². The zero-order chi connectivity index (χ0) is 17.8. The molecule has 2 aromatic rings. The molecule has 2 heterocycles. The molecule has 0 bridgehead atoms. The van der Waals surface area contributed by atoms with Crippen LogP contribution >= 0.6 is 34.4 Å². The third-order valence-electron chi connectivity index (χ3n) is 3.22. The van der Waals surface area contributed by atoms with E-state index in [0.717, 1.165) is 3.77 Å². The summed E-state index contributed by atoms with van der Waals surface area (Å²) in [4.78, 5) is 17.2. The molecule has 3 rings (SSSR count). The van der Waals surface area contributed by atoms with Crippen LogP contribution in [0, 0.1) is 3.77 Å². The number of hydrogen-bond donors (Lipinski definition) is 1. The van der Waals surface area contributed by atoms with Gasteiger partial charge in [0.1, 0.15) is 22.1 Å². The Morgan fingerprint density at radius 2 is 2.08 bits per heavy atom. The molecule has 7 heteroatoms. The highest BCUT2D eigenvalue weighted by Gasteiger charge is 2.33. The second-order valence-electron chi connectivity index (χ2n) is 4.95. The van der Waals surface area contributed by atoms with Crippen LogP contribution in [0.2, 0.25) is 0 Å². The molecule has 0 unspecified atom stereocenters. The maximum atomic E-state index is 12.3. The van der Waals surface area contributed by atoms with Crippen molar-refractivity contribution in [2.75, 3.05) is 6.61 Å². The molecule has 25 heavy (non-hydrogen) atoms. The smallest absolute Gasteiger partial charge is 0.344 e. The Morgan fingerprint density at radius 3 is 2.72 bits per heavy atom. The molecule has 0 amide bonds. The molecular weight excluding hydrogens is 453 g/mol. The quantitative estimate of drug-likeness (QED) is 0.502. The van der Waals surface area contributed by atoms with Crippen molar-refractivity contribution in [3.63, 3.8) is 0 Å². The number of rotatable bonds is 4. The summed E-state index contributed by atoms with van der Waals surface area (Å²) < 4.78 is 11.3. The number of thioether (sulfide) groups is 1. The van der Waals surface area contributed by atoms with Crippen LogP contribution in [0.3, 0.4) is 0 Å². The van der Waals surface area contributed by atoms with E-state index in [2.05, 4.69) is 27.6 Å². The van der Waals surface area contributed by atoms with Crippen molar-refractivity contribution in [3.8, 4) is 0 Å². The molecule has 128 valence electrons. The Balaban J connectivity index is 2.02. The number of benzene rings is 1. The lowest BCUT2D eigenvalue weighted by atomic mass is 10.2. The standard InChI is InChI=1S/C18H14INO4S/c1-2-23-18(22)15-16(21)13(10-12-8-9-14(19)24-12)25-17(15)20-11-6-4-3-5-7-11/h3-10,21H,2H2,1H3/b13-10-,20-17?. The van der Waals surface area contributed by atoms with Gasteiger partial charge in [0.2, 0.25) is 0 Å². The number of carbonyl (C=O) groups is 1. The third kappa shape index (κ3) is 4.16. The number of aliphatic hydroxyl groups excluding tert-OH is 1. The number of hydrogen-bond acceptors (Lipinski definition) is 6. The Morgan fingerprint density at radius 1 is 1.32 bits per heavy atom. The first-order valence-corrected chi connectivity index (χ1v) is 9.37. The van der Waals surface area contributed by atoms with E-state index in [4.69, 9.17) is 9.15 Å². The molecule has 1 aromatic carbocycles. The van der Waals surface area contributed by atoms with Gasteiger partial charge >= 0.3 is 5.97 Å². The van der Waals surface area contributed by atoms with Gasteiger partial charge in [-0.05, 0) is 59.9 Å². The molecule has 0 atom stereocenters. The Labute approximate surface area is 162 Å². The van der Waals surface area contributed by atoms with Gasteiger partial charge in [-0.25, -0.2) is 9.79 Å². The molecule has 0 fully saturated rings. The highest BCUT2D eigenvalue weighted by atomic mass is 127. The van der Waals surface area contributed by atoms with Gasteiger partial charge in [-0.3, -0.25) is 0 Å². The second-order valence-corrected chi connectivity index (χ2v) is 7.04. The van der Waals surface area contributed by atoms with Crippen molar-refractivity contribution in [2.24, 2.45) is 4.99 Å². The van der Waals surface area contributed by atoms with E-state index in [9.17, 15) is 9.90 Å². The summed E-state index contributed by atoms with van der Waals surface area (Å²) in [5.41, 5.74) is 0.761. The van der Waals surface area contributed by atoms with Gasteiger partial charge in [0.25, 0.3) is 0 Å². The SMILES string of the molecule is CCOC(=O)C1=C(O)/C(=C/c2ccc(I)o2)SC1=Nc1ccccc1. The lowest BCUT2D eigenvalue weighted by Gasteiger charge is -2.03. The fourth-order valence-corrected chi connectivity index (χ4v) is 3.60. The van der Waals surface area contributed by atoms with Gasteiger partial charge in [-0.2, -0.15) is 0 Å². The molecule has 0 saturated carbocycles. The monoisotopic (exact) mass is 467 g/mol. The van der Waals surface area contributed by atoms with Crippen LogP contribution < -0.4 is 0 Å². The topological polar surface area (TPSA) is 72.0 Å². The van der Waals surface area contributed by atoms with E-state index in [-0.39, 0.29) is 17.9 Å². The normalized spacial score (nSPS) is 17.5. The maximum absolute atomic E-state index is 12.3. The number of para-hydroxylation sites is 1. The summed E-state index contributed by atoms with van der Waals surface area (Å²) in [6, 6.07) is 12.8. The number of ether oxygens (including phenoxy) is 1. The van der Waals surface area contributed by atoms with Crippen molar-refractivity contribution >= 4 is 57.1 Å². The van der Waals surface area contributed by atoms with Crippen LogP contribution in [0.25, 0.3) is 6.08 Å². The zero-order valence-corrected chi connectivity index (χ0v) is 16.2. The van der Waals surface area contributed by atoms with Crippen LogP contribution in [0.15, 0.2) is 68.1 Å². The molecule has 1 aliphatic heterocycles. The predicted octanol–water partition coefficient (Wildman–Crippen LogP) is 5.08. The van der Waals surface area contributed by atoms with E-state index >= 15 is 0 Å². The number of aliphatic hydroxyl groups is 1. The van der Waals surface area contributed by atoms with E-state index in [1.54, 1.807) is 19.1 Å². The summed E-state index contributed by atoms with van der Waals surface area (Å²) >= 11 is 3.27. The van der Waals surface area contributed by atoms with E-state index in [1.165, 1.54) is 11.8 Å². The number of nitrogens with zero attached hydrogens (tertiary/aromatic N) is 1. The summed E-state index contributed by atoms with van der Waals surface area (Å²) in [5, 5.41) is 10.9. The first kappa shape index (κ1) is 17.8. The average Bonchev–Trinajstić information content (AvgIpc) is 3.13. The van der Waals surface area contributed by atoms with Crippen LogP contribution in [-0.4, -0.2) is 22.7 Å². The lowest BCUT2D eigenvalue weighted by molar-refractivity contribution is -0.138. The van der Waals surface area contributed by atoms with Gasteiger partial charge in [-0.1, -0.05) is 30.0 Å². The summed E-state index contributed by atoms with van der Waals surface area (Å²) in [6.07, 6.45) is 1.68.